The van der Waals surface area contributed by atoms with Crippen molar-refractivity contribution in [2.75, 3.05) is 18.4 Å². The third-order valence-electron chi connectivity index (χ3n) is 3.68. The maximum absolute atomic E-state index is 13.6. The van der Waals surface area contributed by atoms with Gasteiger partial charge in [-0.3, -0.25) is 4.79 Å². The van der Waals surface area contributed by atoms with Crippen molar-refractivity contribution in [2.24, 2.45) is 0 Å². The largest absolute Gasteiger partial charge is 0.368 e. The van der Waals surface area contributed by atoms with Gasteiger partial charge in [-0.25, -0.2) is 23.4 Å². The van der Waals surface area contributed by atoms with Crippen LogP contribution in [-0.4, -0.2) is 38.7 Å². The Balaban J connectivity index is 1.49. The summed E-state index contributed by atoms with van der Waals surface area (Å²) >= 11 is 0. The number of nitrogens with one attached hydrogen (secondary N) is 2. The number of halogens is 2. The zero-order valence-corrected chi connectivity index (χ0v) is 14.6. The molecule has 3 rings (SSSR count). The molecule has 140 valence electrons. The number of aryl methyl sites for hydroxylation is 1. The van der Waals surface area contributed by atoms with Gasteiger partial charge in [-0.2, -0.15) is 5.10 Å². The molecule has 9 heteroatoms. The lowest BCUT2D eigenvalue weighted by Gasteiger charge is -2.10. The molecule has 0 aliphatic heterocycles. The molecule has 0 fully saturated rings. The van der Waals surface area contributed by atoms with Crippen molar-refractivity contribution < 1.29 is 13.6 Å². The van der Waals surface area contributed by atoms with Gasteiger partial charge in [0.25, 0.3) is 0 Å². The first-order chi connectivity index (χ1) is 13.0. The number of anilines is 1. The van der Waals surface area contributed by atoms with E-state index in [1.165, 1.54) is 6.07 Å². The van der Waals surface area contributed by atoms with Gasteiger partial charge in [0.2, 0.25) is 5.91 Å². The molecule has 0 saturated carbocycles. The van der Waals surface area contributed by atoms with Gasteiger partial charge < -0.3 is 10.6 Å². The summed E-state index contributed by atoms with van der Waals surface area (Å²) in [5.74, 6) is 0.0683. The second kappa shape index (κ2) is 8.35. The number of hydrogen-bond donors (Lipinski definition) is 2. The fourth-order valence-corrected chi connectivity index (χ4v) is 2.46. The van der Waals surface area contributed by atoms with Crippen LogP contribution >= 0.6 is 0 Å². The number of carbonyl (C=O) groups excluding carboxylic acids is 1. The number of hydrogen-bond acceptors (Lipinski definition) is 5. The molecular weight excluding hydrogens is 354 g/mol. The maximum Gasteiger partial charge on any atom is 0.224 e. The fourth-order valence-electron chi connectivity index (χ4n) is 2.46. The van der Waals surface area contributed by atoms with Crippen LogP contribution in [0.5, 0.6) is 0 Å². The van der Waals surface area contributed by atoms with Crippen molar-refractivity contribution >= 4 is 11.7 Å². The van der Waals surface area contributed by atoms with Crippen LogP contribution in [0.2, 0.25) is 0 Å². The van der Waals surface area contributed by atoms with Crippen molar-refractivity contribution in [1.82, 2.24) is 25.1 Å². The molecule has 0 radical (unpaired) electrons. The van der Waals surface area contributed by atoms with Gasteiger partial charge in [-0.05, 0) is 24.6 Å². The zero-order valence-electron chi connectivity index (χ0n) is 14.6. The molecule has 0 saturated heterocycles. The lowest BCUT2D eigenvalue weighted by molar-refractivity contribution is -0.120. The highest BCUT2D eigenvalue weighted by Crippen LogP contribution is 2.11. The first kappa shape index (κ1) is 18.4. The summed E-state index contributed by atoms with van der Waals surface area (Å²) in [4.78, 5) is 20.5. The molecule has 2 aromatic heterocycles. The Kier molecular flexibility index (Phi) is 5.70. The number of aromatic nitrogens is 4. The minimum atomic E-state index is -0.731. The maximum atomic E-state index is 13.6. The van der Waals surface area contributed by atoms with Crippen LogP contribution in [0.25, 0.3) is 5.82 Å². The normalized spacial score (nSPS) is 10.6. The Morgan fingerprint density at radius 1 is 1.19 bits per heavy atom. The van der Waals surface area contributed by atoms with Crippen LogP contribution in [0, 0.1) is 18.6 Å². The van der Waals surface area contributed by atoms with Crippen molar-refractivity contribution in [3.8, 4) is 5.82 Å². The van der Waals surface area contributed by atoms with Crippen LogP contribution in [-0.2, 0) is 11.2 Å². The zero-order chi connectivity index (χ0) is 19.2. The molecule has 0 aliphatic rings. The van der Waals surface area contributed by atoms with Gasteiger partial charge >= 0.3 is 0 Å². The van der Waals surface area contributed by atoms with E-state index in [2.05, 4.69) is 25.7 Å². The molecule has 0 unspecified atom stereocenters. The highest BCUT2D eigenvalue weighted by Gasteiger charge is 2.09. The Morgan fingerprint density at radius 3 is 2.78 bits per heavy atom. The lowest BCUT2D eigenvalue weighted by atomic mass is 10.1. The SMILES string of the molecule is Cc1nc(NCCNC(=O)Cc2ccc(F)cc2F)cc(-n2cccn2)n1. The van der Waals surface area contributed by atoms with Crippen LogP contribution in [0.1, 0.15) is 11.4 Å². The van der Waals surface area contributed by atoms with E-state index >= 15 is 0 Å². The summed E-state index contributed by atoms with van der Waals surface area (Å²) in [7, 11) is 0. The number of carbonyl (C=O) groups is 1. The Hall–Kier alpha value is -3.36. The quantitative estimate of drug-likeness (QED) is 0.620. The van der Waals surface area contributed by atoms with E-state index in [1.54, 1.807) is 36.1 Å². The summed E-state index contributed by atoms with van der Waals surface area (Å²) in [6.07, 6.45) is 3.28. The van der Waals surface area contributed by atoms with Crippen molar-refractivity contribution in [3.05, 3.63) is 65.7 Å². The van der Waals surface area contributed by atoms with Crippen LogP contribution in [0.15, 0.2) is 42.7 Å². The summed E-state index contributed by atoms with van der Waals surface area (Å²) in [5, 5.41) is 9.90. The summed E-state index contributed by atoms with van der Waals surface area (Å²) in [5.41, 5.74) is 0.150. The van der Waals surface area contributed by atoms with Gasteiger partial charge in [0.05, 0.1) is 6.42 Å². The van der Waals surface area contributed by atoms with Gasteiger partial charge in [0, 0.05) is 37.6 Å². The van der Waals surface area contributed by atoms with Crippen molar-refractivity contribution in [3.63, 3.8) is 0 Å². The molecule has 1 aromatic carbocycles. The van der Waals surface area contributed by atoms with E-state index in [-0.39, 0.29) is 17.9 Å². The standard InChI is InChI=1S/C18H18F2N6O/c1-12-24-16(11-17(25-12)26-8-2-5-23-26)21-6-7-22-18(27)9-13-3-4-14(19)10-15(13)20/h2-5,8,10-11H,6-7,9H2,1H3,(H,22,27)(H,21,24,25). The van der Waals surface area contributed by atoms with Gasteiger partial charge in [-0.1, -0.05) is 6.07 Å². The van der Waals surface area contributed by atoms with Crippen molar-refractivity contribution in [1.29, 1.82) is 0 Å². The highest BCUT2D eigenvalue weighted by molar-refractivity contribution is 5.78. The van der Waals surface area contributed by atoms with E-state index in [4.69, 9.17) is 0 Å². The minimum absolute atomic E-state index is 0.150. The number of nitrogens with zero attached hydrogens (tertiary/aromatic N) is 4. The van der Waals surface area contributed by atoms with Gasteiger partial charge in [-0.15, -0.1) is 0 Å². The molecule has 2 heterocycles. The second-order valence-electron chi connectivity index (χ2n) is 5.80. The molecule has 0 aliphatic carbocycles. The molecule has 27 heavy (non-hydrogen) atoms. The predicted molar refractivity (Wildman–Crippen MR) is 95.5 cm³/mol. The predicted octanol–water partition coefficient (Wildman–Crippen LogP) is 2.02. The Labute approximate surface area is 154 Å². The molecule has 1 amide bonds. The van der Waals surface area contributed by atoms with Gasteiger partial charge in [0.15, 0.2) is 5.82 Å². The first-order valence-corrected chi connectivity index (χ1v) is 8.31. The van der Waals surface area contributed by atoms with Gasteiger partial charge in [0.1, 0.15) is 23.3 Å². The van der Waals surface area contributed by atoms with E-state index in [0.29, 0.717) is 30.5 Å². The molecule has 0 bridgehead atoms. The lowest BCUT2D eigenvalue weighted by Crippen LogP contribution is -2.30. The van der Waals surface area contributed by atoms with E-state index in [1.807, 2.05) is 0 Å². The second-order valence-corrected chi connectivity index (χ2v) is 5.80. The molecule has 7 nitrogen and oxygen atoms in total. The van der Waals surface area contributed by atoms with Crippen molar-refractivity contribution in [2.45, 2.75) is 13.3 Å². The smallest absolute Gasteiger partial charge is 0.224 e. The number of benzene rings is 1. The van der Waals surface area contributed by atoms with Crippen LogP contribution < -0.4 is 10.6 Å². The summed E-state index contributed by atoms with van der Waals surface area (Å²) < 4.78 is 28.1. The van der Waals surface area contributed by atoms with Crippen LogP contribution in [0.4, 0.5) is 14.6 Å². The monoisotopic (exact) mass is 372 g/mol. The molecule has 3 aromatic rings. The third-order valence-corrected chi connectivity index (χ3v) is 3.68. The topological polar surface area (TPSA) is 84.7 Å². The highest BCUT2D eigenvalue weighted by atomic mass is 19.1. The molecule has 0 spiro atoms. The number of rotatable bonds is 7. The fraction of sp³-hybridized carbons (Fsp3) is 0.222. The van der Waals surface area contributed by atoms with E-state index in [0.717, 1.165) is 12.1 Å². The first-order valence-electron chi connectivity index (χ1n) is 8.31. The summed E-state index contributed by atoms with van der Waals surface area (Å²) in [6.45, 7) is 2.52. The van der Waals surface area contributed by atoms with Crippen LogP contribution in [0.3, 0.4) is 0 Å². The Bertz CT molecular complexity index is 930. The molecular formula is C18H18F2N6O. The average molecular weight is 372 g/mol. The number of amides is 1. The summed E-state index contributed by atoms with van der Waals surface area (Å²) in [6, 6.07) is 6.70. The molecule has 0 atom stereocenters. The van der Waals surface area contributed by atoms with E-state index in [9.17, 15) is 13.6 Å². The van der Waals surface area contributed by atoms with E-state index < -0.39 is 11.6 Å². The molecule has 2 N–H and O–H groups in total. The Morgan fingerprint density at radius 2 is 2.04 bits per heavy atom. The average Bonchev–Trinajstić information content (AvgIpc) is 3.15. The minimum Gasteiger partial charge on any atom is -0.368 e. The third kappa shape index (κ3) is 5.06.